The first kappa shape index (κ1) is 13.3. The van der Waals surface area contributed by atoms with Gasteiger partial charge in [-0.1, -0.05) is 12.1 Å². The van der Waals surface area contributed by atoms with Crippen LogP contribution < -0.4 is 10.5 Å². The fourth-order valence-electron chi connectivity index (χ4n) is 2.72. The molecule has 1 aliphatic rings. The molecule has 2 rings (SSSR count). The number of benzene rings is 1. The van der Waals surface area contributed by atoms with E-state index in [2.05, 4.69) is 0 Å². The molecule has 100 valence electrons. The van der Waals surface area contributed by atoms with Crippen LogP contribution in [0.3, 0.4) is 0 Å². The Morgan fingerprint density at radius 1 is 1.22 bits per heavy atom. The van der Waals surface area contributed by atoms with Gasteiger partial charge in [-0.2, -0.15) is 0 Å². The van der Waals surface area contributed by atoms with Crippen LogP contribution in [0.4, 0.5) is 0 Å². The number of rotatable bonds is 4. The van der Waals surface area contributed by atoms with Crippen LogP contribution in [0.15, 0.2) is 24.3 Å². The summed E-state index contributed by atoms with van der Waals surface area (Å²) in [6.45, 7) is 0. The highest BCUT2D eigenvalue weighted by atomic mass is 16.5. The van der Waals surface area contributed by atoms with Crippen molar-refractivity contribution in [2.24, 2.45) is 11.7 Å². The number of hydrogen-bond donors (Lipinski definition) is 3. The molecule has 3 atom stereocenters. The van der Waals surface area contributed by atoms with Crippen LogP contribution in [0.5, 0.6) is 5.75 Å². The van der Waals surface area contributed by atoms with E-state index in [4.69, 9.17) is 10.5 Å². The van der Waals surface area contributed by atoms with Crippen molar-refractivity contribution in [3.63, 3.8) is 0 Å². The summed E-state index contributed by atoms with van der Waals surface area (Å²) in [7, 11) is 1.63. The monoisotopic (exact) mass is 251 g/mol. The van der Waals surface area contributed by atoms with Gasteiger partial charge in [0.25, 0.3) is 0 Å². The van der Waals surface area contributed by atoms with Gasteiger partial charge in [-0.05, 0) is 37.0 Å². The summed E-state index contributed by atoms with van der Waals surface area (Å²) in [4.78, 5) is 0. The van der Waals surface area contributed by atoms with Crippen molar-refractivity contribution in [3.05, 3.63) is 29.8 Å². The van der Waals surface area contributed by atoms with Gasteiger partial charge < -0.3 is 20.7 Å². The van der Waals surface area contributed by atoms with Crippen LogP contribution in [0, 0.1) is 5.92 Å². The number of aliphatic hydroxyl groups is 2. The van der Waals surface area contributed by atoms with Crippen LogP contribution in [-0.4, -0.2) is 35.6 Å². The zero-order valence-electron chi connectivity index (χ0n) is 10.6. The molecule has 0 spiro atoms. The molecule has 1 aliphatic carbocycles. The predicted molar refractivity (Wildman–Crippen MR) is 69.4 cm³/mol. The summed E-state index contributed by atoms with van der Waals surface area (Å²) in [5.41, 5.74) is 7.20. The minimum Gasteiger partial charge on any atom is -0.497 e. The van der Waals surface area contributed by atoms with Crippen molar-refractivity contribution in [3.8, 4) is 5.75 Å². The van der Waals surface area contributed by atoms with Crippen molar-refractivity contribution in [1.82, 2.24) is 0 Å². The van der Waals surface area contributed by atoms with Crippen molar-refractivity contribution in [2.45, 2.75) is 37.5 Å². The number of methoxy groups -OCH3 is 1. The lowest BCUT2D eigenvalue weighted by molar-refractivity contribution is 0.0503. The SMILES string of the molecule is COc1ccc(C[C@H](N)C2[C@@H](O)CC[C@@H]2O)cc1. The Labute approximate surface area is 107 Å². The molecule has 0 heterocycles. The van der Waals surface area contributed by atoms with E-state index in [1.165, 1.54) is 0 Å². The molecule has 4 heteroatoms. The molecule has 0 radical (unpaired) electrons. The van der Waals surface area contributed by atoms with Crippen molar-refractivity contribution < 1.29 is 14.9 Å². The third-order valence-electron chi connectivity index (χ3n) is 3.77. The van der Waals surface area contributed by atoms with Gasteiger partial charge in [0, 0.05) is 12.0 Å². The molecule has 0 aromatic heterocycles. The lowest BCUT2D eigenvalue weighted by atomic mass is 9.90. The highest BCUT2D eigenvalue weighted by Crippen LogP contribution is 2.29. The maximum absolute atomic E-state index is 9.83. The molecule has 1 aromatic rings. The first-order valence-corrected chi connectivity index (χ1v) is 6.36. The molecule has 4 nitrogen and oxygen atoms in total. The topological polar surface area (TPSA) is 75.7 Å². The number of ether oxygens (including phenoxy) is 1. The average Bonchev–Trinajstić information content (AvgIpc) is 2.70. The molecule has 1 saturated carbocycles. The summed E-state index contributed by atoms with van der Waals surface area (Å²) in [5, 5.41) is 19.7. The first-order chi connectivity index (χ1) is 8.61. The number of aliphatic hydroxyl groups excluding tert-OH is 2. The van der Waals surface area contributed by atoms with Crippen molar-refractivity contribution in [1.29, 1.82) is 0 Å². The van der Waals surface area contributed by atoms with Gasteiger partial charge in [0.15, 0.2) is 0 Å². The minimum atomic E-state index is -0.478. The van der Waals surface area contributed by atoms with Crippen LogP contribution in [0.25, 0.3) is 0 Å². The molecule has 0 saturated heterocycles. The molecule has 4 N–H and O–H groups in total. The van der Waals surface area contributed by atoms with Crippen LogP contribution >= 0.6 is 0 Å². The van der Waals surface area contributed by atoms with E-state index in [-0.39, 0.29) is 12.0 Å². The third-order valence-corrected chi connectivity index (χ3v) is 3.77. The molecule has 0 amide bonds. The van der Waals surface area contributed by atoms with E-state index < -0.39 is 12.2 Å². The maximum Gasteiger partial charge on any atom is 0.118 e. The van der Waals surface area contributed by atoms with Gasteiger partial charge in [-0.15, -0.1) is 0 Å². The van der Waals surface area contributed by atoms with Gasteiger partial charge in [0.1, 0.15) is 5.75 Å². The lowest BCUT2D eigenvalue weighted by Crippen LogP contribution is -2.41. The Hall–Kier alpha value is -1.10. The molecule has 0 unspecified atom stereocenters. The van der Waals surface area contributed by atoms with E-state index in [0.29, 0.717) is 19.3 Å². The smallest absolute Gasteiger partial charge is 0.118 e. The molecule has 0 aliphatic heterocycles. The molecule has 1 fully saturated rings. The molecular weight excluding hydrogens is 230 g/mol. The predicted octanol–water partition coefficient (Wildman–Crippen LogP) is 0.697. The highest BCUT2D eigenvalue weighted by Gasteiger charge is 2.37. The highest BCUT2D eigenvalue weighted by molar-refractivity contribution is 5.27. The fraction of sp³-hybridized carbons (Fsp3) is 0.571. The Bertz CT molecular complexity index is 369. The van der Waals surface area contributed by atoms with Gasteiger partial charge in [-0.3, -0.25) is 0 Å². The summed E-state index contributed by atoms with van der Waals surface area (Å²) in [6.07, 6.45) is 0.981. The first-order valence-electron chi connectivity index (χ1n) is 6.36. The van der Waals surface area contributed by atoms with Crippen LogP contribution in [0.2, 0.25) is 0 Å². The largest absolute Gasteiger partial charge is 0.497 e. The second-order valence-electron chi connectivity index (χ2n) is 5.01. The van der Waals surface area contributed by atoms with Crippen LogP contribution in [-0.2, 0) is 6.42 Å². The second kappa shape index (κ2) is 5.69. The second-order valence-corrected chi connectivity index (χ2v) is 5.01. The Morgan fingerprint density at radius 2 is 1.78 bits per heavy atom. The Balaban J connectivity index is 1.99. The summed E-state index contributed by atoms with van der Waals surface area (Å²) >= 11 is 0. The van der Waals surface area contributed by atoms with E-state index in [1.807, 2.05) is 24.3 Å². The normalized spacial score (nSPS) is 26.2. The van der Waals surface area contributed by atoms with Crippen molar-refractivity contribution >= 4 is 0 Å². The summed E-state index contributed by atoms with van der Waals surface area (Å²) in [6, 6.07) is 7.50. The Kier molecular flexibility index (Phi) is 4.22. The minimum absolute atomic E-state index is 0.216. The van der Waals surface area contributed by atoms with Gasteiger partial charge in [-0.25, -0.2) is 0 Å². The van der Waals surface area contributed by atoms with E-state index >= 15 is 0 Å². The fourth-order valence-corrected chi connectivity index (χ4v) is 2.72. The molecule has 1 aromatic carbocycles. The quantitative estimate of drug-likeness (QED) is 0.736. The molecule has 18 heavy (non-hydrogen) atoms. The zero-order chi connectivity index (χ0) is 13.1. The maximum atomic E-state index is 9.83. The van der Waals surface area contributed by atoms with E-state index in [0.717, 1.165) is 11.3 Å². The number of nitrogens with two attached hydrogens (primary N) is 1. The van der Waals surface area contributed by atoms with Gasteiger partial charge in [0.05, 0.1) is 19.3 Å². The number of hydrogen-bond acceptors (Lipinski definition) is 4. The zero-order valence-corrected chi connectivity index (χ0v) is 10.6. The standard InChI is InChI=1S/C14H21NO3/c1-18-10-4-2-9(3-5-10)8-11(15)14-12(16)6-7-13(14)17/h2-5,11-14,16-17H,6-8,15H2,1H3/t11-,12-,13-/m0/s1. The van der Waals surface area contributed by atoms with Crippen LogP contribution in [0.1, 0.15) is 18.4 Å². The Morgan fingerprint density at radius 3 is 2.28 bits per heavy atom. The van der Waals surface area contributed by atoms with Gasteiger partial charge >= 0.3 is 0 Å². The van der Waals surface area contributed by atoms with E-state index in [9.17, 15) is 10.2 Å². The molecule has 0 bridgehead atoms. The summed E-state index contributed by atoms with van der Waals surface area (Å²) in [5.74, 6) is 0.598. The van der Waals surface area contributed by atoms with Crippen molar-refractivity contribution in [2.75, 3.05) is 7.11 Å². The third kappa shape index (κ3) is 2.83. The lowest BCUT2D eigenvalue weighted by Gasteiger charge is -2.25. The van der Waals surface area contributed by atoms with Gasteiger partial charge in [0.2, 0.25) is 0 Å². The summed E-state index contributed by atoms with van der Waals surface area (Å²) < 4.78 is 5.10. The average molecular weight is 251 g/mol. The van der Waals surface area contributed by atoms with E-state index in [1.54, 1.807) is 7.11 Å². The molecular formula is C14H21NO3.